The molecule has 0 radical (unpaired) electrons. The zero-order chi connectivity index (χ0) is 4.99. The molecule has 0 spiro atoms. The molecule has 0 bridgehead atoms. The van der Waals surface area contributed by atoms with Crippen LogP contribution < -0.4 is 5.32 Å². The van der Waals surface area contributed by atoms with Crippen molar-refractivity contribution in [1.82, 2.24) is 5.32 Å². The maximum absolute atomic E-state index is 8.27. The standard InChI is InChI=1S/C4H11NO.ClH/c1-4(3-6)5-2;/h4-6H,3H2,1-2H3;1H. The van der Waals surface area contributed by atoms with E-state index in [1.165, 1.54) is 0 Å². The van der Waals surface area contributed by atoms with Gasteiger partial charge in [-0.1, -0.05) is 0 Å². The molecule has 0 aliphatic rings. The fraction of sp³-hybridized carbons (Fsp3) is 1.00. The van der Waals surface area contributed by atoms with E-state index in [4.69, 9.17) is 5.11 Å². The number of likely N-dealkylation sites (N-methyl/N-ethyl adjacent to an activating group) is 1. The van der Waals surface area contributed by atoms with Crippen molar-refractivity contribution in [2.24, 2.45) is 0 Å². The van der Waals surface area contributed by atoms with E-state index in [1.807, 2.05) is 14.0 Å². The van der Waals surface area contributed by atoms with Crippen molar-refractivity contribution < 1.29 is 5.11 Å². The number of halogens is 1. The van der Waals surface area contributed by atoms with Crippen LogP contribution in [0, 0.1) is 0 Å². The smallest absolute Gasteiger partial charge is 0.0581 e. The second kappa shape index (κ2) is 6.21. The third-order valence-corrected chi connectivity index (χ3v) is 0.767. The van der Waals surface area contributed by atoms with E-state index in [1.54, 1.807) is 0 Å². The van der Waals surface area contributed by atoms with E-state index < -0.39 is 0 Å². The largest absolute Gasteiger partial charge is 0.395 e. The van der Waals surface area contributed by atoms with Gasteiger partial charge in [-0.05, 0) is 14.0 Å². The molecular weight excluding hydrogens is 114 g/mol. The Morgan fingerprint density at radius 1 is 1.71 bits per heavy atom. The quantitative estimate of drug-likeness (QED) is 0.545. The van der Waals surface area contributed by atoms with Crippen LogP contribution in [0.5, 0.6) is 0 Å². The van der Waals surface area contributed by atoms with Gasteiger partial charge in [-0.15, -0.1) is 12.4 Å². The van der Waals surface area contributed by atoms with Crippen LogP contribution in [0.15, 0.2) is 0 Å². The van der Waals surface area contributed by atoms with E-state index in [-0.39, 0.29) is 25.1 Å². The highest BCUT2D eigenvalue weighted by atomic mass is 35.5. The van der Waals surface area contributed by atoms with Crippen LogP contribution in [0.3, 0.4) is 0 Å². The molecule has 3 heteroatoms. The molecule has 0 aliphatic carbocycles. The second-order valence-electron chi connectivity index (χ2n) is 1.37. The molecule has 0 aromatic rings. The van der Waals surface area contributed by atoms with Gasteiger partial charge >= 0.3 is 0 Å². The summed E-state index contributed by atoms with van der Waals surface area (Å²) in [6, 6.07) is 0.241. The van der Waals surface area contributed by atoms with Crippen molar-refractivity contribution in [2.45, 2.75) is 13.0 Å². The lowest BCUT2D eigenvalue weighted by Gasteiger charge is -2.01. The molecule has 46 valence electrons. The van der Waals surface area contributed by atoms with Gasteiger partial charge in [0.25, 0.3) is 0 Å². The Bertz CT molecular complexity index is 30.9. The van der Waals surface area contributed by atoms with Gasteiger partial charge < -0.3 is 10.4 Å². The summed E-state index contributed by atoms with van der Waals surface area (Å²) in [5.41, 5.74) is 0. The minimum atomic E-state index is 0. The topological polar surface area (TPSA) is 32.3 Å². The Morgan fingerprint density at radius 2 is 2.14 bits per heavy atom. The molecule has 0 amide bonds. The first-order valence-corrected chi connectivity index (χ1v) is 2.09. The van der Waals surface area contributed by atoms with Gasteiger partial charge in [-0.3, -0.25) is 0 Å². The van der Waals surface area contributed by atoms with Gasteiger partial charge in [0.15, 0.2) is 0 Å². The van der Waals surface area contributed by atoms with Gasteiger partial charge in [-0.2, -0.15) is 0 Å². The molecular formula is C4H12ClNO. The molecule has 7 heavy (non-hydrogen) atoms. The fourth-order valence-corrected chi connectivity index (χ4v) is 0.0913. The van der Waals surface area contributed by atoms with Gasteiger partial charge in [-0.25, -0.2) is 0 Å². The number of rotatable bonds is 2. The maximum Gasteiger partial charge on any atom is 0.0581 e. The van der Waals surface area contributed by atoms with Gasteiger partial charge in [0.1, 0.15) is 0 Å². The van der Waals surface area contributed by atoms with E-state index in [0.717, 1.165) is 0 Å². The summed E-state index contributed by atoms with van der Waals surface area (Å²) < 4.78 is 0. The molecule has 0 heterocycles. The van der Waals surface area contributed by atoms with Crippen LogP contribution >= 0.6 is 12.4 Å². The van der Waals surface area contributed by atoms with Crippen molar-refractivity contribution in [1.29, 1.82) is 0 Å². The molecule has 2 nitrogen and oxygen atoms in total. The molecule has 0 saturated heterocycles. The second-order valence-corrected chi connectivity index (χ2v) is 1.37. The summed E-state index contributed by atoms with van der Waals surface area (Å²) in [7, 11) is 1.82. The summed E-state index contributed by atoms with van der Waals surface area (Å²) >= 11 is 0. The van der Waals surface area contributed by atoms with Gasteiger partial charge in [0, 0.05) is 6.04 Å². The number of hydrogen-bond donors (Lipinski definition) is 2. The van der Waals surface area contributed by atoms with Crippen LogP contribution in [0.2, 0.25) is 0 Å². The number of aliphatic hydroxyl groups excluding tert-OH is 1. The SMILES string of the molecule is CNC(C)CO.Cl. The summed E-state index contributed by atoms with van der Waals surface area (Å²) in [5.74, 6) is 0. The molecule has 0 fully saturated rings. The highest BCUT2D eigenvalue weighted by molar-refractivity contribution is 5.85. The van der Waals surface area contributed by atoms with E-state index >= 15 is 0 Å². The minimum absolute atomic E-state index is 0. The van der Waals surface area contributed by atoms with Crippen LogP contribution in [0.25, 0.3) is 0 Å². The molecule has 1 unspecified atom stereocenters. The molecule has 0 rings (SSSR count). The van der Waals surface area contributed by atoms with Crippen LogP contribution in [0.4, 0.5) is 0 Å². The van der Waals surface area contributed by atoms with Gasteiger partial charge in [0.05, 0.1) is 6.61 Å². The minimum Gasteiger partial charge on any atom is -0.395 e. The Balaban J connectivity index is 0. The highest BCUT2D eigenvalue weighted by Gasteiger charge is 1.88. The molecule has 0 aromatic heterocycles. The van der Waals surface area contributed by atoms with Crippen molar-refractivity contribution in [3.8, 4) is 0 Å². The van der Waals surface area contributed by atoms with Crippen LogP contribution in [0.1, 0.15) is 6.92 Å². The Kier molecular flexibility index (Phi) is 9.09. The first-order chi connectivity index (χ1) is 2.81. The lowest BCUT2D eigenvalue weighted by Crippen LogP contribution is -2.24. The Hall–Kier alpha value is 0.210. The summed E-state index contributed by atoms with van der Waals surface area (Å²) in [6.45, 7) is 2.14. The Morgan fingerprint density at radius 3 is 2.14 bits per heavy atom. The zero-order valence-electron chi connectivity index (χ0n) is 4.64. The predicted molar refractivity (Wildman–Crippen MR) is 32.9 cm³/mol. The van der Waals surface area contributed by atoms with Crippen LogP contribution in [-0.2, 0) is 0 Å². The van der Waals surface area contributed by atoms with E-state index in [0.29, 0.717) is 0 Å². The fourth-order valence-electron chi connectivity index (χ4n) is 0.0913. The molecule has 2 N–H and O–H groups in total. The third kappa shape index (κ3) is 6.21. The van der Waals surface area contributed by atoms with Crippen LogP contribution in [-0.4, -0.2) is 24.8 Å². The van der Waals surface area contributed by atoms with Crippen molar-refractivity contribution in [3.63, 3.8) is 0 Å². The summed E-state index contributed by atoms with van der Waals surface area (Å²) in [5, 5.41) is 11.1. The molecule has 0 aromatic carbocycles. The third-order valence-electron chi connectivity index (χ3n) is 0.767. The zero-order valence-corrected chi connectivity index (χ0v) is 5.46. The lowest BCUT2D eigenvalue weighted by atomic mass is 10.4. The van der Waals surface area contributed by atoms with E-state index in [2.05, 4.69) is 5.32 Å². The van der Waals surface area contributed by atoms with E-state index in [9.17, 15) is 0 Å². The average molecular weight is 126 g/mol. The molecule has 0 aliphatic heterocycles. The number of aliphatic hydroxyl groups is 1. The number of nitrogens with one attached hydrogen (secondary N) is 1. The highest BCUT2D eigenvalue weighted by Crippen LogP contribution is 1.69. The lowest BCUT2D eigenvalue weighted by molar-refractivity contribution is 0.258. The average Bonchev–Trinajstić information content (AvgIpc) is 1.65. The first kappa shape index (κ1) is 10.2. The van der Waals surface area contributed by atoms with Gasteiger partial charge in [0.2, 0.25) is 0 Å². The predicted octanol–water partition coefficient (Wildman–Crippen LogP) is 0.00840. The van der Waals surface area contributed by atoms with Crippen molar-refractivity contribution in [3.05, 3.63) is 0 Å². The monoisotopic (exact) mass is 125 g/mol. The normalized spacial score (nSPS) is 12.4. The Labute approximate surface area is 50.3 Å². The van der Waals surface area contributed by atoms with Crippen molar-refractivity contribution in [2.75, 3.05) is 13.7 Å². The summed E-state index contributed by atoms with van der Waals surface area (Å²) in [4.78, 5) is 0. The number of hydrogen-bond acceptors (Lipinski definition) is 2. The van der Waals surface area contributed by atoms with Crippen molar-refractivity contribution >= 4 is 12.4 Å². The first-order valence-electron chi connectivity index (χ1n) is 2.09. The summed E-state index contributed by atoms with van der Waals surface area (Å²) in [6.07, 6.45) is 0. The molecule has 1 atom stereocenters. The molecule has 0 saturated carbocycles. The maximum atomic E-state index is 8.27.